The molecule has 1 fully saturated rings. The van der Waals surface area contributed by atoms with E-state index in [4.69, 9.17) is 27.4 Å². The highest BCUT2D eigenvalue weighted by Gasteiger charge is 2.28. The lowest BCUT2D eigenvalue weighted by atomic mass is 9.93. The topological polar surface area (TPSA) is 93.9 Å². The van der Waals surface area contributed by atoms with E-state index in [1.165, 1.54) is 6.42 Å². The number of nitrogens with two attached hydrogens (primary N) is 1. The van der Waals surface area contributed by atoms with E-state index in [1.807, 2.05) is 32.9 Å². The zero-order chi connectivity index (χ0) is 22.3. The van der Waals surface area contributed by atoms with Gasteiger partial charge in [-0.3, -0.25) is 9.59 Å². The van der Waals surface area contributed by atoms with Crippen molar-refractivity contribution in [2.45, 2.75) is 65.5 Å². The molecule has 1 saturated carbocycles. The minimum absolute atomic E-state index is 0.0962. The van der Waals surface area contributed by atoms with Crippen LogP contribution in [0.4, 0.5) is 0 Å². The summed E-state index contributed by atoms with van der Waals surface area (Å²) in [6.07, 6.45) is 5.62. The van der Waals surface area contributed by atoms with E-state index < -0.39 is 11.3 Å². The molecule has 0 aliphatic heterocycles. The Morgan fingerprint density at radius 2 is 1.87 bits per heavy atom. The maximum absolute atomic E-state index is 12.5. The van der Waals surface area contributed by atoms with Crippen molar-refractivity contribution < 1.29 is 19.1 Å². The number of primary amides is 1. The van der Waals surface area contributed by atoms with Gasteiger partial charge in [-0.2, -0.15) is 0 Å². The Morgan fingerprint density at radius 1 is 1.20 bits per heavy atom. The van der Waals surface area contributed by atoms with Gasteiger partial charge in [0.15, 0.2) is 23.2 Å². The van der Waals surface area contributed by atoms with Crippen LogP contribution in [-0.4, -0.2) is 41.6 Å². The summed E-state index contributed by atoms with van der Waals surface area (Å²) in [5.41, 5.74) is 5.60. The maximum Gasteiger partial charge on any atom is 0.255 e. The van der Waals surface area contributed by atoms with Crippen LogP contribution in [0.15, 0.2) is 18.2 Å². The summed E-state index contributed by atoms with van der Waals surface area (Å²) < 4.78 is 10.8. The molecule has 0 spiro atoms. The number of amides is 2. The zero-order valence-electron chi connectivity index (χ0n) is 18.3. The third-order valence-corrected chi connectivity index (χ3v) is 5.47. The first-order valence-corrected chi connectivity index (χ1v) is 10.7. The van der Waals surface area contributed by atoms with E-state index >= 15 is 0 Å². The molecule has 0 bridgehead atoms. The van der Waals surface area contributed by atoms with Gasteiger partial charge < -0.3 is 25.4 Å². The van der Waals surface area contributed by atoms with Crippen LogP contribution in [0, 0.1) is 5.41 Å². The smallest absolute Gasteiger partial charge is 0.255 e. The number of thiocarbonyl (C=S) groups is 1. The number of carbonyl (C=O) groups excluding carboxylic acids is 2. The first-order chi connectivity index (χ1) is 14.1. The van der Waals surface area contributed by atoms with Crippen molar-refractivity contribution in [3.63, 3.8) is 0 Å². The molecule has 0 heterocycles. The fourth-order valence-electron chi connectivity index (χ4n) is 3.39. The Bertz CT molecular complexity index is 770. The van der Waals surface area contributed by atoms with Crippen LogP contribution in [-0.2, 0) is 16.1 Å². The van der Waals surface area contributed by atoms with Gasteiger partial charge >= 0.3 is 0 Å². The van der Waals surface area contributed by atoms with Crippen molar-refractivity contribution in [3.8, 4) is 11.5 Å². The fraction of sp³-hybridized carbons (Fsp3) is 0.591. The van der Waals surface area contributed by atoms with Crippen LogP contribution >= 0.6 is 12.2 Å². The largest absolute Gasteiger partial charge is 0.493 e. The number of ether oxygens (including phenoxy) is 2. The molecule has 0 saturated heterocycles. The Balaban J connectivity index is 2.21. The average Bonchev–Trinajstić information content (AvgIpc) is 2.70. The van der Waals surface area contributed by atoms with E-state index in [2.05, 4.69) is 10.2 Å². The number of hydrogen-bond acceptors (Lipinski definition) is 5. The van der Waals surface area contributed by atoms with Gasteiger partial charge in [0.1, 0.15) is 0 Å². The van der Waals surface area contributed by atoms with E-state index in [0.717, 1.165) is 31.2 Å². The van der Waals surface area contributed by atoms with Crippen molar-refractivity contribution in [2.24, 2.45) is 11.1 Å². The number of rotatable bonds is 7. The maximum atomic E-state index is 12.5. The molecule has 2 amide bonds. The van der Waals surface area contributed by atoms with Gasteiger partial charge in [0.2, 0.25) is 5.91 Å². The normalized spacial score (nSPS) is 14.7. The highest BCUT2D eigenvalue weighted by Crippen LogP contribution is 2.30. The van der Waals surface area contributed by atoms with Crippen LogP contribution in [0.25, 0.3) is 0 Å². The molecule has 1 aliphatic carbocycles. The number of hydrogen-bond donors (Lipinski definition) is 2. The zero-order valence-corrected chi connectivity index (χ0v) is 19.1. The predicted octanol–water partition coefficient (Wildman–Crippen LogP) is 3.14. The summed E-state index contributed by atoms with van der Waals surface area (Å²) >= 11 is 5.64. The molecule has 0 radical (unpaired) electrons. The first-order valence-electron chi connectivity index (χ1n) is 10.3. The number of benzene rings is 1. The van der Waals surface area contributed by atoms with Crippen LogP contribution in [0.1, 0.15) is 58.4 Å². The standard InChI is InChI=1S/C22H33N3O4S/c1-22(2,3)20(27)24-21(30)25(16-8-6-5-7-9-16)13-15-10-11-17(18(12-15)28-4)29-14-19(23)26/h10-12,16H,5-9,13-14H2,1-4H3,(H2,23,26)(H,24,27,30). The van der Waals surface area contributed by atoms with E-state index in [0.29, 0.717) is 23.2 Å². The van der Waals surface area contributed by atoms with Gasteiger partial charge in [0.05, 0.1) is 7.11 Å². The molecule has 0 aromatic heterocycles. The van der Waals surface area contributed by atoms with E-state index in [-0.39, 0.29) is 18.6 Å². The summed E-state index contributed by atoms with van der Waals surface area (Å²) in [6, 6.07) is 5.80. The SMILES string of the molecule is COc1cc(CN(C(=S)NC(=O)C(C)(C)C)C2CCCCC2)ccc1OCC(N)=O. The Kier molecular flexibility index (Phi) is 8.46. The lowest BCUT2D eigenvalue weighted by Crippen LogP contribution is -2.50. The van der Waals surface area contributed by atoms with Gasteiger partial charge in [-0.05, 0) is 42.8 Å². The molecule has 7 nitrogen and oxygen atoms in total. The van der Waals surface area contributed by atoms with Gasteiger partial charge in [-0.1, -0.05) is 46.1 Å². The second kappa shape index (κ2) is 10.6. The highest BCUT2D eigenvalue weighted by molar-refractivity contribution is 7.80. The summed E-state index contributed by atoms with van der Waals surface area (Å²) in [7, 11) is 1.54. The molecule has 0 atom stereocenters. The molecule has 30 heavy (non-hydrogen) atoms. The minimum atomic E-state index is -0.551. The monoisotopic (exact) mass is 435 g/mol. The lowest BCUT2D eigenvalue weighted by Gasteiger charge is -2.37. The van der Waals surface area contributed by atoms with Gasteiger partial charge in [0, 0.05) is 18.0 Å². The highest BCUT2D eigenvalue weighted by atomic mass is 32.1. The van der Waals surface area contributed by atoms with Gasteiger partial charge in [-0.15, -0.1) is 0 Å². The number of carbonyl (C=O) groups is 2. The molecule has 3 N–H and O–H groups in total. The van der Waals surface area contributed by atoms with E-state index in [9.17, 15) is 9.59 Å². The molecule has 0 unspecified atom stereocenters. The molecule has 1 aromatic rings. The second-order valence-electron chi connectivity index (χ2n) is 8.67. The number of nitrogens with zero attached hydrogens (tertiary/aromatic N) is 1. The molecule has 8 heteroatoms. The van der Waals surface area contributed by atoms with Crippen LogP contribution < -0.4 is 20.5 Å². The number of methoxy groups -OCH3 is 1. The Labute approximate surface area is 184 Å². The lowest BCUT2D eigenvalue weighted by molar-refractivity contribution is -0.127. The fourth-order valence-corrected chi connectivity index (χ4v) is 3.70. The third kappa shape index (κ3) is 6.86. The van der Waals surface area contributed by atoms with Crippen LogP contribution in [0.2, 0.25) is 0 Å². The molecule has 1 aliphatic rings. The summed E-state index contributed by atoms with van der Waals surface area (Å²) in [4.78, 5) is 25.6. The van der Waals surface area contributed by atoms with Crippen LogP contribution in [0.3, 0.4) is 0 Å². The average molecular weight is 436 g/mol. The van der Waals surface area contributed by atoms with Crippen molar-refractivity contribution >= 4 is 29.1 Å². The van der Waals surface area contributed by atoms with Crippen molar-refractivity contribution in [1.29, 1.82) is 0 Å². The molecule has 166 valence electrons. The minimum Gasteiger partial charge on any atom is -0.493 e. The Morgan fingerprint density at radius 3 is 2.43 bits per heavy atom. The first kappa shape index (κ1) is 23.9. The number of nitrogens with one attached hydrogen (secondary N) is 1. The summed E-state index contributed by atoms with van der Waals surface area (Å²) in [5.74, 6) is 0.320. The van der Waals surface area contributed by atoms with E-state index in [1.54, 1.807) is 13.2 Å². The van der Waals surface area contributed by atoms with Crippen molar-refractivity contribution in [2.75, 3.05) is 13.7 Å². The molecule has 1 aromatic carbocycles. The quantitative estimate of drug-likeness (QED) is 0.639. The van der Waals surface area contributed by atoms with Crippen LogP contribution in [0.5, 0.6) is 11.5 Å². The molecular weight excluding hydrogens is 402 g/mol. The van der Waals surface area contributed by atoms with Crippen molar-refractivity contribution in [1.82, 2.24) is 10.2 Å². The van der Waals surface area contributed by atoms with Crippen molar-refractivity contribution in [3.05, 3.63) is 23.8 Å². The third-order valence-electron chi connectivity index (χ3n) is 5.13. The summed E-state index contributed by atoms with van der Waals surface area (Å²) in [6.45, 7) is 5.93. The summed E-state index contributed by atoms with van der Waals surface area (Å²) in [5, 5.41) is 3.37. The Hall–Kier alpha value is -2.35. The predicted molar refractivity (Wildman–Crippen MR) is 120 cm³/mol. The molecular formula is C22H33N3O4S. The second-order valence-corrected chi connectivity index (χ2v) is 9.06. The van der Waals surface area contributed by atoms with Gasteiger partial charge in [-0.25, -0.2) is 0 Å². The molecule has 2 rings (SSSR count). The van der Waals surface area contributed by atoms with Gasteiger partial charge in [0.25, 0.3) is 5.91 Å².